The molecule has 1 aliphatic carbocycles. The van der Waals surface area contributed by atoms with Gasteiger partial charge in [-0.3, -0.25) is 9.69 Å². The highest BCUT2D eigenvalue weighted by molar-refractivity contribution is 5.72. The van der Waals surface area contributed by atoms with Crippen molar-refractivity contribution in [1.82, 2.24) is 15.0 Å². The van der Waals surface area contributed by atoms with Gasteiger partial charge in [0, 0.05) is 30.3 Å². The number of likely N-dealkylation sites (tertiary alicyclic amines) is 1. The lowest BCUT2D eigenvalue weighted by molar-refractivity contribution is -0.148. The molecule has 1 atom stereocenters. The normalized spacial score (nSPS) is 18.1. The average molecular weight is 444 g/mol. The van der Waals surface area contributed by atoms with E-state index in [1.54, 1.807) is 12.1 Å². The number of carboxylic acid groups (broad SMARTS) is 1. The van der Waals surface area contributed by atoms with Crippen molar-refractivity contribution in [3.8, 4) is 34.7 Å². The van der Waals surface area contributed by atoms with E-state index < -0.39 is 5.97 Å². The first-order valence-electron chi connectivity index (χ1n) is 11.1. The maximum absolute atomic E-state index is 11.2. The first-order valence-corrected chi connectivity index (χ1v) is 11.1. The number of benzene rings is 2. The summed E-state index contributed by atoms with van der Waals surface area (Å²) in [7, 11) is 0. The van der Waals surface area contributed by atoms with Gasteiger partial charge in [0.25, 0.3) is 5.89 Å². The Morgan fingerprint density at radius 2 is 2.12 bits per heavy atom. The molecule has 2 heterocycles. The van der Waals surface area contributed by atoms with Gasteiger partial charge in [-0.25, -0.2) is 0 Å². The van der Waals surface area contributed by atoms with Crippen LogP contribution in [-0.4, -0.2) is 45.3 Å². The summed E-state index contributed by atoms with van der Waals surface area (Å²) in [5.41, 5.74) is 4.41. The molecule has 0 spiro atoms. The van der Waals surface area contributed by atoms with Crippen LogP contribution < -0.4 is 4.74 Å². The van der Waals surface area contributed by atoms with Crippen LogP contribution in [0.2, 0.25) is 0 Å². The Labute approximate surface area is 191 Å². The van der Waals surface area contributed by atoms with E-state index >= 15 is 0 Å². The molecule has 33 heavy (non-hydrogen) atoms. The molecule has 1 N–H and O–H groups in total. The van der Waals surface area contributed by atoms with Crippen molar-refractivity contribution in [2.75, 3.05) is 13.1 Å². The molecule has 168 valence electrons. The van der Waals surface area contributed by atoms with Gasteiger partial charge in [-0.2, -0.15) is 10.2 Å². The van der Waals surface area contributed by atoms with Crippen LogP contribution in [0.15, 0.2) is 40.9 Å². The van der Waals surface area contributed by atoms with Crippen molar-refractivity contribution in [2.45, 2.75) is 38.8 Å². The number of hydrogen-bond acceptors (Lipinski definition) is 7. The minimum Gasteiger partial charge on any atom is -0.490 e. The van der Waals surface area contributed by atoms with Crippen molar-refractivity contribution in [3.63, 3.8) is 0 Å². The fourth-order valence-corrected chi connectivity index (χ4v) is 4.70. The van der Waals surface area contributed by atoms with Gasteiger partial charge in [0.1, 0.15) is 11.8 Å². The number of nitrogens with zero attached hydrogens (tertiary/aromatic N) is 4. The van der Waals surface area contributed by atoms with E-state index in [9.17, 15) is 15.2 Å². The summed E-state index contributed by atoms with van der Waals surface area (Å²) in [6.07, 6.45) is 1.80. The van der Waals surface area contributed by atoms with E-state index in [4.69, 9.17) is 9.26 Å². The standard InChI is InChI=1S/C25H24N4O4/c1-14(2)32-22-9-6-15(10-16(22)11-26)24-27-23(28-33-24)20-5-3-4-19-18(20)7-8-21(19)29-12-17(13-29)25(30)31/h3-6,9-10,14,17,21H,7-8,12-13H2,1-2H3,(H,30,31)/t21-/m0/s1. The number of fused-ring (bicyclic) bond motifs is 1. The van der Waals surface area contributed by atoms with Gasteiger partial charge in [0.2, 0.25) is 5.82 Å². The van der Waals surface area contributed by atoms with Crippen LogP contribution in [0.1, 0.15) is 43.0 Å². The van der Waals surface area contributed by atoms with Crippen LogP contribution in [0.4, 0.5) is 0 Å². The number of aromatic nitrogens is 2. The van der Waals surface area contributed by atoms with Crippen LogP contribution in [0.5, 0.6) is 5.75 Å². The Morgan fingerprint density at radius 3 is 2.85 bits per heavy atom. The molecule has 0 radical (unpaired) electrons. The second-order valence-electron chi connectivity index (χ2n) is 8.83. The third-order valence-electron chi connectivity index (χ3n) is 6.32. The topological polar surface area (TPSA) is 112 Å². The lowest BCUT2D eigenvalue weighted by atomic mass is 9.94. The van der Waals surface area contributed by atoms with E-state index in [-0.39, 0.29) is 18.1 Å². The Morgan fingerprint density at radius 1 is 1.30 bits per heavy atom. The Bertz CT molecular complexity index is 1250. The van der Waals surface area contributed by atoms with Crippen molar-refractivity contribution in [2.24, 2.45) is 5.92 Å². The fraction of sp³-hybridized carbons (Fsp3) is 0.360. The maximum atomic E-state index is 11.2. The van der Waals surface area contributed by atoms with Crippen molar-refractivity contribution in [3.05, 3.63) is 53.1 Å². The van der Waals surface area contributed by atoms with E-state index in [1.807, 2.05) is 32.0 Å². The SMILES string of the molecule is CC(C)Oc1ccc(-c2nc(-c3cccc4c3CC[C@@H]4N3CC(C(=O)O)C3)no2)cc1C#N. The average Bonchev–Trinajstić information content (AvgIpc) is 3.40. The molecule has 1 fully saturated rings. The molecule has 5 rings (SSSR count). The molecule has 1 aromatic heterocycles. The zero-order chi connectivity index (χ0) is 23.1. The van der Waals surface area contributed by atoms with Gasteiger partial charge in [-0.05, 0) is 56.0 Å². The summed E-state index contributed by atoms with van der Waals surface area (Å²) >= 11 is 0. The van der Waals surface area contributed by atoms with Crippen LogP contribution in [0.3, 0.4) is 0 Å². The van der Waals surface area contributed by atoms with Gasteiger partial charge in [0.15, 0.2) is 0 Å². The summed E-state index contributed by atoms with van der Waals surface area (Å²) in [5, 5.41) is 22.9. The summed E-state index contributed by atoms with van der Waals surface area (Å²) < 4.78 is 11.2. The largest absolute Gasteiger partial charge is 0.490 e. The molecule has 1 saturated heterocycles. The van der Waals surface area contributed by atoms with Crippen LogP contribution in [0.25, 0.3) is 22.8 Å². The minimum absolute atomic E-state index is 0.0340. The summed E-state index contributed by atoms with van der Waals surface area (Å²) in [4.78, 5) is 18.0. The molecular formula is C25H24N4O4. The van der Waals surface area contributed by atoms with Crippen LogP contribution in [-0.2, 0) is 11.2 Å². The smallest absolute Gasteiger partial charge is 0.309 e. The third kappa shape index (κ3) is 3.85. The number of rotatable bonds is 6. The molecular weight excluding hydrogens is 420 g/mol. The quantitative estimate of drug-likeness (QED) is 0.606. The number of nitriles is 1. The van der Waals surface area contributed by atoms with E-state index in [0.29, 0.717) is 41.7 Å². The van der Waals surface area contributed by atoms with E-state index in [0.717, 1.165) is 18.4 Å². The van der Waals surface area contributed by atoms with Gasteiger partial charge in [0.05, 0.1) is 17.6 Å². The Balaban J connectivity index is 1.41. The molecule has 0 unspecified atom stereocenters. The van der Waals surface area contributed by atoms with E-state index in [1.165, 1.54) is 11.1 Å². The second-order valence-corrected chi connectivity index (χ2v) is 8.83. The number of carboxylic acids is 1. The lowest BCUT2D eigenvalue weighted by Gasteiger charge is -2.41. The minimum atomic E-state index is -0.721. The number of hydrogen-bond donors (Lipinski definition) is 1. The Kier molecular flexibility index (Phi) is 5.35. The molecule has 0 amide bonds. The third-order valence-corrected chi connectivity index (χ3v) is 6.32. The zero-order valence-electron chi connectivity index (χ0n) is 18.5. The summed E-state index contributed by atoms with van der Waals surface area (Å²) in [6, 6.07) is 13.7. The van der Waals surface area contributed by atoms with Gasteiger partial charge in [-0.15, -0.1) is 0 Å². The predicted octanol–water partition coefficient (Wildman–Crippen LogP) is 4.07. The second kappa shape index (κ2) is 8.34. The van der Waals surface area contributed by atoms with Crippen molar-refractivity contribution < 1.29 is 19.2 Å². The predicted molar refractivity (Wildman–Crippen MR) is 119 cm³/mol. The highest BCUT2D eigenvalue weighted by Gasteiger charge is 2.40. The summed E-state index contributed by atoms with van der Waals surface area (Å²) in [6.45, 7) is 5.00. The highest BCUT2D eigenvalue weighted by Crippen LogP contribution is 2.42. The highest BCUT2D eigenvalue weighted by atomic mass is 16.5. The lowest BCUT2D eigenvalue weighted by Crippen LogP contribution is -2.51. The molecule has 8 heteroatoms. The first-order chi connectivity index (χ1) is 15.9. The number of carbonyl (C=O) groups is 1. The molecule has 8 nitrogen and oxygen atoms in total. The van der Waals surface area contributed by atoms with Crippen molar-refractivity contribution in [1.29, 1.82) is 5.26 Å². The number of ether oxygens (including phenoxy) is 1. The fourth-order valence-electron chi connectivity index (χ4n) is 4.70. The van der Waals surface area contributed by atoms with Crippen molar-refractivity contribution >= 4 is 5.97 Å². The molecule has 2 aliphatic rings. The molecule has 0 saturated carbocycles. The monoisotopic (exact) mass is 444 g/mol. The summed E-state index contributed by atoms with van der Waals surface area (Å²) in [5.74, 6) is 0.389. The molecule has 3 aromatic rings. The van der Waals surface area contributed by atoms with Gasteiger partial charge in [-0.1, -0.05) is 23.4 Å². The Hall–Kier alpha value is -3.70. The van der Waals surface area contributed by atoms with Gasteiger partial charge < -0.3 is 14.4 Å². The number of aliphatic carboxylic acids is 1. The molecule has 0 bridgehead atoms. The molecule has 1 aliphatic heterocycles. The van der Waals surface area contributed by atoms with Crippen LogP contribution >= 0.6 is 0 Å². The maximum Gasteiger partial charge on any atom is 0.309 e. The van der Waals surface area contributed by atoms with E-state index in [2.05, 4.69) is 27.2 Å². The van der Waals surface area contributed by atoms with Crippen LogP contribution in [0, 0.1) is 17.2 Å². The molecule has 2 aromatic carbocycles. The zero-order valence-corrected chi connectivity index (χ0v) is 18.5. The van der Waals surface area contributed by atoms with Gasteiger partial charge >= 0.3 is 5.97 Å². The first kappa shape index (κ1) is 21.2.